The van der Waals surface area contributed by atoms with E-state index in [-0.39, 0.29) is 16.8 Å². The van der Waals surface area contributed by atoms with E-state index in [1.165, 1.54) is 16.4 Å². The summed E-state index contributed by atoms with van der Waals surface area (Å²) in [6.45, 7) is 2.93. The van der Waals surface area contributed by atoms with E-state index in [0.717, 1.165) is 19.3 Å². The highest BCUT2D eigenvalue weighted by molar-refractivity contribution is 7.89. The van der Waals surface area contributed by atoms with Crippen LogP contribution in [0.2, 0.25) is 0 Å². The molecular formula is C20H23N5O3S. The second-order valence-electron chi connectivity index (χ2n) is 7.17. The molecule has 1 aliphatic rings. The zero-order valence-electron chi connectivity index (χ0n) is 16.2. The lowest BCUT2D eigenvalue weighted by Crippen LogP contribution is -2.35. The van der Waals surface area contributed by atoms with Gasteiger partial charge in [-0.3, -0.25) is 9.20 Å². The average Bonchev–Trinajstić information content (AvgIpc) is 3.19. The van der Waals surface area contributed by atoms with E-state index < -0.39 is 10.0 Å². The van der Waals surface area contributed by atoms with Gasteiger partial charge in [0.1, 0.15) is 0 Å². The lowest BCUT2D eigenvalue weighted by Gasteiger charge is -2.25. The van der Waals surface area contributed by atoms with E-state index in [4.69, 9.17) is 0 Å². The van der Waals surface area contributed by atoms with Crippen LogP contribution in [0.15, 0.2) is 53.6 Å². The number of hydrogen-bond acceptors (Lipinski definition) is 5. The molecule has 1 fully saturated rings. The van der Waals surface area contributed by atoms with E-state index >= 15 is 0 Å². The van der Waals surface area contributed by atoms with Crippen molar-refractivity contribution in [2.45, 2.75) is 37.1 Å². The summed E-state index contributed by atoms with van der Waals surface area (Å²) in [5, 5.41) is 11.1. The van der Waals surface area contributed by atoms with E-state index in [1.807, 2.05) is 35.7 Å². The molecule has 1 N–H and O–H groups in total. The molecule has 9 heteroatoms. The molecule has 29 heavy (non-hydrogen) atoms. The minimum absolute atomic E-state index is 0.215. The van der Waals surface area contributed by atoms with Crippen LogP contribution < -0.4 is 5.32 Å². The fraction of sp³-hybridized carbons (Fsp3) is 0.350. The number of sulfonamides is 1. The first-order valence-electron chi connectivity index (χ1n) is 9.67. The molecule has 8 nitrogen and oxygen atoms in total. The third-order valence-corrected chi connectivity index (χ3v) is 7.06. The molecule has 0 aliphatic carbocycles. The molecule has 3 heterocycles. The Kier molecular flexibility index (Phi) is 5.33. The Labute approximate surface area is 169 Å². The number of fused-ring (bicyclic) bond motifs is 1. The number of amides is 1. The summed E-state index contributed by atoms with van der Waals surface area (Å²) in [5.41, 5.74) is 1.10. The SMILES string of the molecule is C[C@@H](NC(=O)c1ccc(S(=O)(=O)N2CCCCC2)cc1)c1nnc2ccccn12. The second kappa shape index (κ2) is 7.92. The number of nitrogens with zero attached hydrogens (tertiary/aromatic N) is 4. The Balaban J connectivity index is 1.48. The first kappa shape index (κ1) is 19.5. The summed E-state index contributed by atoms with van der Waals surface area (Å²) >= 11 is 0. The summed E-state index contributed by atoms with van der Waals surface area (Å²) in [5.74, 6) is 0.324. The van der Waals surface area contributed by atoms with Crippen LogP contribution in [0.5, 0.6) is 0 Å². The van der Waals surface area contributed by atoms with Crippen molar-refractivity contribution in [2.24, 2.45) is 0 Å². The maximum atomic E-state index is 12.7. The van der Waals surface area contributed by atoms with Gasteiger partial charge in [-0.05, 0) is 56.2 Å². The predicted octanol–water partition coefficient (Wildman–Crippen LogP) is 2.39. The highest BCUT2D eigenvalue weighted by atomic mass is 32.2. The lowest BCUT2D eigenvalue weighted by atomic mass is 10.2. The lowest BCUT2D eigenvalue weighted by molar-refractivity contribution is 0.0938. The molecule has 0 unspecified atom stereocenters. The standard InChI is InChI=1S/C20H23N5O3S/c1-15(19-23-22-18-7-3-6-14-25(18)19)21-20(26)16-8-10-17(11-9-16)29(27,28)24-12-4-2-5-13-24/h3,6-11,14-15H,2,4-5,12-13H2,1H3,(H,21,26)/t15-/m1/s1. The number of benzene rings is 1. The number of aromatic nitrogens is 3. The fourth-order valence-corrected chi connectivity index (χ4v) is 5.05. The van der Waals surface area contributed by atoms with Crippen molar-refractivity contribution in [3.8, 4) is 0 Å². The molecule has 3 aromatic rings. The van der Waals surface area contributed by atoms with Gasteiger partial charge in [-0.15, -0.1) is 10.2 Å². The minimum atomic E-state index is -3.51. The minimum Gasteiger partial charge on any atom is -0.342 e. The smallest absolute Gasteiger partial charge is 0.251 e. The average molecular weight is 414 g/mol. The van der Waals surface area contributed by atoms with Crippen molar-refractivity contribution in [1.29, 1.82) is 0 Å². The number of hydrogen-bond donors (Lipinski definition) is 1. The second-order valence-corrected chi connectivity index (χ2v) is 9.11. The predicted molar refractivity (Wildman–Crippen MR) is 108 cm³/mol. The number of piperidine rings is 1. The summed E-state index contributed by atoms with van der Waals surface area (Å²) in [6, 6.07) is 11.3. The topological polar surface area (TPSA) is 96.7 Å². The maximum Gasteiger partial charge on any atom is 0.251 e. The van der Waals surface area contributed by atoms with Gasteiger partial charge in [0.15, 0.2) is 11.5 Å². The molecule has 1 amide bonds. The zero-order valence-corrected chi connectivity index (χ0v) is 17.0. The molecule has 1 aromatic carbocycles. The molecule has 152 valence electrons. The molecule has 1 atom stereocenters. The Morgan fingerprint density at radius 2 is 1.76 bits per heavy atom. The molecule has 0 spiro atoms. The summed E-state index contributed by atoms with van der Waals surface area (Å²) in [6.07, 6.45) is 4.67. The summed E-state index contributed by atoms with van der Waals surface area (Å²) < 4.78 is 28.8. The van der Waals surface area contributed by atoms with Crippen LogP contribution in [-0.2, 0) is 10.0 Å². The first-order valence-corrected chi connectivity index (χ1v) is 11.1. The third-order valence-electron chi connectivity index (χ3n) is 5.14. The van der Waals surface area contributed by atoms with Gasteiger partial charge in [0.25, 0.3) is 5.91 Å². The van der Waals surface area contributed by atoms with Crippen LogP contribution in [0.1, 0.15) is 48.4 Å². The molecule has 4 rings (SSSR count). The van der Waals surface area contributed by atoms with Gasteiger partial charge < -0.3 is 5.32 Å². The van der Waals surface area contributed by atoms with Gasteiger partial charge in [0, 0.05) is 24.8 Å². The normalized spacial score (nSPS) is 16.6. The summed E-state index contributed by atoms with van der Waals surface area (Å²) in [7, 11) is -3.51. The largest absolute Gasteiger partial charge is 0.342 e. The van der Waals surface area contributed by atoms with E-state index in [0.29, 0.717) is 30.1 Å². The fourth-order valence-electron chi connectivity index (χ4n) is 3.53. The van der Waals surface area contributed by atoms with Gasteiger partial charge in [-0.2, -0.15) is 4.31 Å². The molecule has 0 saturated carbocycles. The van der Waals surface area contributed by atoms with Crippen molar-refractivity contribution in [3.05, 3.63) is 60.0 Å². The number of nitrogens with one attached hydrogen (secondary N) is 1. The van der Waals surface area contributed by atoms with Crippen molar-refractivity contribution >= 4 is 21.6 Å². The quantitative estimate of drug-likeness (QED) is 0.693. The van der Waals surface area contributed by atoms with Gasteiger partial charge in [0.2, 0.25) is 10.0 Å². The first-order chi connectivity index (χ1) is 14.0. The molecule has 1 saturated heterocycles. The Morgan fingerprint density at radius 1 is 1.03 bits per heavy atom. The molecule has 0 radical (unpaired) electrons. The van der Waals surface area contributed by atoms with Crippen LogP contribution in [0.3, 0.4) is 0 Å². The molecule has 0 bridgehead atoms. The van der Waals surface area contributed by atoms with Gasteiger partial charge in [-0.1, -0.05) is 12.5 Å². The van der Waals surface area contributed by atoms with Crippen LogP contribution in [-0.4, -0.2) is 46.3 Å². The highest BCUT2D eigenvalue weighted by Gasteiger charge is 2.26. The van der Waals surface area contributed by atoms with Gasteiger partial charge in [-0.25, -0.2) is 8.42 Å². The number of carbonyl (C=O) groups excluding carboxylic acids is 1. The van der Waals surface area contributed by atoms with Crippen LogP contribution in [0.25, 0.3) is 5.65 Å². The van der Waals surface area contributed by atoms with Gasteiger partial charge >= 0.3 is 0 Å². The van der Waals surface area contributed by atoms with Crippen molar-refractivity contribution in [1.82, 2.24) is 24.2 Å². The Morgan fingerprint density at radius 3 is 2.48 bits per heavy atom. The highest BCUT2D eigenvalue weighted by Crippen LogP contribution is 2.21. The molecule has 1 aliphatic heterocycles. The van der Waals surface area contributed by atoms with Gasteiger partial charge in [0.05, 0.1) is 10.9 Å². The van der Waals surface area contributed by atoms with Crippen molar-refractivity contribution in [2.75, 3.05) is 13.1 Å². The van der Waals surface area contributed by atoms with E-state index in [2.05, 4.69) is 15.5 Å². The Bertz CT molecular complexity index is 1120. The zero-order chi connectivity index (χ0) is 20.4. The van der Waals surface area contributed by atoms with Crippen LogP contribution in [0, 0.1) is 0 Å². The van der Waals surface area contributed by atoms with Crippen LogP contribution >= 0.6 is 0 Å². The van der Waals surface area contributed by atoms with Crippen molar-refractivity contribution < 1.29 is 13.2 Å². The molecule has 2 aromatic heterocycles. The van der Waals surface area contributed by atoms with E-state index in [9.17, 15) is 13.2 Å². The third kappa shape index (κ3) is 3.88. The monoisotopic (exact) mass is 413 g/mol. The van der Waals surface area contributed by atoms with Crippen LogP contribution in [0.4, 0.5) is 0 Å². The maximum absolute atomic E-state index is 12.7. The number of pyridine rings is 1. The number of rotatable bonds is 5. The Hall–Kier alpha value is -2.78. The van der Waals surface area contributed by atoms with E-state index in [1.54, 1.807) is 12.1 Å². The van der Waals surface area contributed by atoms with Crippen molar-refractivity contribution in [3.63, 3.8) is 0 Å². The number of carbonyl (C=O) groups is 1. The summed E-state index contributed by atoms with van der Waals surface area (Å²) in [4.78, 5) is 12.8. The molecular weight excluding hydrogens is 390 g/mol.